The third-order valence-electron chi connectivity index (χ3n) is 9.66. The van der Waals surface area contributed by atoms with E-state index in [0.29, 0.717) is 5.82 Å². The number of furan rings is 1. The molecule has 0 unspecified atom stereocenters. The summed E-state index contributed by atoms with van der Waals surface area (Å²) in [5.74, 6) is 0.707. The van der Waals surface area contributed by atoms with Crippen molar-refractivity contribution in [2.75, 3.05) is 0 Å². The number of para-hydroxylation sites is 2. The second-order valence-electron chi connectivity index (χ2n) is 12.5. The van der Waals surface area contributed by atoms with Crippen molar-refractivity contribution < 1.29 is 4.42 Å². The summed E-state index contributed by atoms with van der Waals surface area (Å²) in [5, 5.41) is 9.31. The summed E-state index contributed by atoms with van der Waals surface area (Å²) in [7, 11) is 0. The van der Waals surface area contributed by atoms with Gasteiger partial charge in [0, 0.05) is 33.0 Å². The number of fused-ring (bicyclic) bond motifs is 7. The van der Waals surface area contributed by atoms with Gasteiger partial charge in [0.25, 0.3) is 0 Å². The summed E-state index contributed by atoms with van der Waals surface area (Å²) < 4.78 is 6.42. The Bertz CT molecular complexity index is 2890. The van der Waals surface area contributed by atoms with Gasteiger partial charge in [0.15, 0.2) is 5.82 Å². The van der Waals surface area contributed by atoms with Gasteiger partial charge in [-0.05, 0) is 62.1 Å². The molecule has 49 heavy (non-hydrogen) atoms. The highest BCUT2D eigenvalue weighted by Crippen LogP contribution is 2.41. The zero-order valence-electron chi connectivity index (χ0n) is 26.5. The molecule has 0 aliphatic rings. The molecule has 0 fully saturated rings. The van der Waals surface area contributed by atoms with Crippen molar-refractivity contribution in [1.29, 1.82) is 0 Å². The van der Waals surface area contributed by atoms with Gasteiger partial charge in [-0.2, -0.15) is 0 Å². The van der Waals surface area contributed by atoms with E-state index in [4.69, 9.17) is 14.4 Å². The van der Waals surface area contributed by atoms with Gasteiger partial charge in [-0.3, -0.25) is 0 Å². The zero-order valence-corrected chi connectivity index (χ0v) is 26.5. The summed E-state index contributed by atoms with van der Waals surface area (Å²) in [5.41, 5.74) is 8.77. The fourth-order valence-electron chi connectivity index (χ4n) is 7.35. The molecule has 2 aromatic heterocycles. The van der Waals surface area contributed by atoms with Crippen LogP contribution in [-0.4, -0.2) is 9.97 Å². The Labute approximate surface area is 282 Å². The monoisotopic (exact) mass is 624 g/mol. The van der Waals surface area contributed by atoms with E-state index in [1.165, 1.54) is 16.2 Å². The van der Waals surface area contributed by atoms with Crippen molar-refractivity contribution in [2.45, 2.75) is 0 Å². The molecule has 0 N–H and O–H groups in total. The molecule has 3 heteroatoms. The molecular weight excluding hydrogens is 597 g/mol. The van der Waals surface area contributed by atoms with Gasteiger partial charge >= 0.3 is 0 Å². The van der Waals surface area contributed by atoms with E-state index in [-0.39, 0.29) is 0 Å². The number of hydrogen-bond acceptors (Lipinski definition) is 3. The van der Waals surface area contributed by atoms with Gasteiger partial charge in [0.05, 0.1) is 11.4 Å². The summed E-state index contributed by atoms with van der Waals surface area (Å²) >= 11 is 0. The smallest absolute Gasteiger partial charge is 0.161 e. The SMILES string of the molecule is c1ccc(-c2cc(-c3cccc(-c4cccc5c4oc4ccccc45)c3)nc(-c3c4ccccc4cc4c3ccc3ccccc34)n2)cc1. The maximum atomic E-state index is 6.42. The lowest BCUT2D eigenvalue weighted by Crippen LogP contribution is -1.98. The number of benzene rings is 8. The maximum Gasteiger partial charge on any atom is 0.161 e. The van der Waals surface area contributed by atoms with Gasteiger partial charge in [-0.15, -0.1) is 0 Å². The Balaban J connectivity index is 1.23. The fraction of sp³-hybridized carbons (Fsp3) is 0. The highest BCUT2D eigenvalue weighted by molar-refractivity contribution is 6.19. The first-order valence-corrected chi connectivity index (χ1v) is 16.6. The van der Waals surface area contributed by atoms with E-state index in [1.807, 2.05) is 18.2 Å². The Morgan fingerprint density at radius 3 is 1.90 bits per heavy atom. The molecule has 0 saturated carbocycles. The van der Waals surface area contributed by atoms with Gasteiger partial charge in [0.2, 0.25) is 0 Å². The molecule has 0 aliphatic carbocycles. The lowest BCUT2D eigenvalue weighted by atomic mass is 9.92. The second-order valence-corrected chi connectivity index (χ2v) is 12.5. The standard InChI is InChI=1S/C46H28N2O/c1-2-13-30(14-3-1)41-28-42(33-17-10-16-31(26-33)36-21-11-22-39-37-20-8-9-23-43(37)49-45(36)39)48-46(47-41)44-35-19-7-5-15-32(35)27-40-34-18-6-4-12-29(34)24-25-38(40)44/h1-28H. The minimum Gasteiger partial charge on any atom is -0.455 e. The molecule has 0 radical (unpaired) electrons. The number of rotatable bonds is 4. The third-order valence-corrected chi connectivity index (χ3v) is 9.66. The van der Waals surface area contributed by atoms with Gasteiger partial charge in [0.1, 0.15) is 11.2 Å². The quantitative estimate of drug-likeness (QED) is 0.144. The average Bonchev–Trinajstić information content (AvgIpc) is 3.56. The van der Waals surface area contributed by atoms with Crippen molar-refractivity contribution in [3.05, 3.63) is 170 Å². The molecule has 0 atom stereocenters. The van der Waals surface area contributed by atoms with Crippen LogP contribution in [0.1, 0.15) is 0 Å². The van der Waals surface area contributed by atoms with Crippen LogP contribution < -0.4 is 0 Å². The lowest BCUT2D eigenvalue weighted by molar-refractivity contribution is 0.670. The minimum atomic E-state index is 0.707. The number of nitrogens with zero attached hydrogens (tertiary/aromatic N) is 2. The Kier molecular flexibility index (Phi) is 6.18. The van der Waals surface area contributed by atoms with Crippen LogP contribution in [0.15, 0.2) is 174 Å². The topological polar surface area (TPSA) is 38.9 Å². The minimum absolute atomic E-state index is 0.707. The van der Waals surface area contributed by atoms with E-state index in [9.17, 15) is 0 Å². The molecule has 8 aromatic carbocycles. The highest BCUT2D eigenvalue weighted by atomic mass is 16.3. The van der Waals surface area contributed by atoms with Crippen LogP contribution in [0, 0.1) is 0 Å². The zero-order chi connectivity index (χ0) is 32.3. The average molecular weight is 625 g/mol. The van der Waals surface area contributed by atoms with Crippen LogP contribution in [0.3, 0.4) is 0 Å². The van der Waals surface area contributed by atoms with E-state index in [0.717, 1.165) is 77.3 Å². The molecule has 0 aliphatic heterocycles. The predicted molar refractivity (Wildman–Crippen MR) is 204 cm³/mol. The first-order chi connectivity index (χ1) is 24.3. The molecule has 0 bridgehead atoms. The normalized spacial score (nSPS) is 11.7. The van der Waals surface area contributed by atoms with Crippen molar-refractivity contribution in [2.24, 2.45) is 0 Å². The first-order valence-electron chi connectivity index (χ1n) is 16.6. The molecule has 2 heterocycles. The van der Waals surface area contributed by atoms with Crippen LogP contribution >= 0.6 is 0 Å². The van der Waals surface area contributed by atoms with Crippen molar-refractivity contribution in [3.63, 3.8) is 0 Å². The first kappa shape index (κ1) is 27.5. The molecule has 0 spiro atoms. The van der Waals surface area contributed by atoms with Crippen molar-refractivity contribution in [3.8, 4) is 45.0 Å². The van der Waals surface area contributed by atoms with E-state index < -0.39 is 0 Å². The van der Waals surface area contributed by atoms with Crippen LogP contribution in [0.25, 0.3) is 99.3 Å². The van der Waals surface area contributed by atoms with Crippen LogP contribution in [0.5, 0.6) is 0 Å². The molecule has 10 aromatic rings. The van der Waals surface area contributed by atoms with Crippen LogP contribution in [0.2, 0.25) is 0 Å². The van der Waals surface area contributed by atoms with E-state index in [2.05, 4.69) is 152 Å². The molecule has 0 saturated heterocycles. The molecule has 3 nitrogen and oxygen atoms in total. The second kappa shape index (κ2) is 11.0. The summed E-state index contributed by atoms with van der Waals surface area (Å²) in [6, 6.07) is 59.6. The third kappa shape index (κ3) is 4.51. The molecule has 228 valence electrons. The van der Waals surface area contributed by atoms with E-state index >= 15 is 0 Å². The predicted octanol–water partition coefficient (Wildman–Crippen LogP) is 12.5. The van der Waals surface area contributed by atoms with Gasteiger partial charge in [-0.25, -0.2) is 9.97 Å². The van der Waals surface area contributed by atoms with Crippen LogP contribution in [-0.2, 0) is 0 Å². The van der Waals surface area contributed by atoms with Gasteiger partial charge in [-0.1, -0.05) is 146 Å². The lowest BCUT2D eigenvalue weighted by Gasteiger charge is -2.15. The molecular formula is C46H28N2O. The van der Waals surface area contributed by atoms with Crippen molar-refractivity contribution in [1.82, 2.24) is 9.97 Å². The van der Waals surface area contributed by atoms with Crippen molar-refractivity contribution >= 4 is 54.3 Å². The van der Waals surface area contributed by atoms with Crippen LogP contribution in [0.4, 0.5) is 0 Å². The fourth-order valence-corrected chi connectivity index (χ4v) is 7.35. The largest absolute Gasteiger partial charge is 0.455 e. The summed E-state index contributed by atoms with van der Waals surface area (Å²) in [6.07, 6.45) is 0. The summed E-state index contributed by atoms with van der Waals surface area (Å²) in [4.78, 5) is 10.7. The Morgan fingerprint density at radius 2 is 1.02 bits per heavy atom. The molecule has 10 rings (SSSR count). The summed E-state index contributed by atoms with van der Waals surface area (Å²) in [6.45, 7) is 0. The Hall–Kier alpha value is -6.58. The van der Waals surface area contributed by atoms with Gasteiger partial charge < -0.3 is 4.42 Å². The maximum absolute atomic E-state index is 6.42. The van der Waals surface area contributed by atoms with E-state index in [1.54, 1.807) is 0 Å². The number of aromatic nitrogens is 2. The highest BCUT2D eigenvalue weighted by Gasteiger charge is 2.18. The molecule has 0 amide bonds. The number of hydrogen-bond donors (Lipinski definition) is 0. The Morgan fingerprint density at radius 1 is 0.367 bits per heavy atom.